The molecule has 1 aliphatic rings. The third-order valence-corrected chi connectivity index (χ3v) is 3.54. The van der Waals surface area contributed by atoms with Crippen molar-refractivity contribution in [2.75, 3.05) is 6.26 Å². The van der Waals surface area contributed by atoms with Crippen LogP contribution in [0.5, 0.6) is 0 Å². The molecule has 1 atom stereocenters. The number of rotatable bonds is 1. The summed E-state index contributed by atoms with van der Waals surface area (Å²) < 4.78 is 25.9. The molecule has 1 aromatic rings. The van der Waals surface area contributed by atoms with Crippen LogP contribution >= 0.6 is 11.6 Å². The summed E-state index contributed by atoms with van der Waals surface area (Å²) in [4.78, 5) is 12.0. The van der Waals surface area contributed by atoms with Crippen LogP contribution in [0.15, 0.2) is 23.8 Å². The van der Waals surface area contributed by atoms with Crippen molar-refractivity contribution in [2.24, 2.45) is 11.7 Å². The number of carbonyl (C=O) groups is 1. The molecule has 0 saturated carbocycles. The summed E-state index contributed by atoms with van der Waals surface area (Å²) in [5.41, 5.74) is 8.00. The van der Waals surface area contributed by atoms with E-state index in [0.29, 0.717) is 16.9 Å². The molecule has 0 aliphatic heterocycles. The maximum atomic E-state index is 12.0. The van der Waals surface area contributed by atoms with Crippen LogP contribution in [0.3, 0.4) is 0 Å². The van der Waals surface area contributed by atoms with E-state index in [9.17, 15) is 13.2 Å². The number of guanidine groups is 1. The molecule has 0 radical (unpaired) electrons. The largest absolute Gasteiger partial charge is 0.370 e. The number of halogens is 1. The number of hydrogen-bond donors (Lipinski definition) is 4. The van der Waals surface area contributed by atoms with E-state index in [1.54, 1.807) is 0 Å². The van der Waals surface area contributed by atoms with Gasteiger partial charge in [-0.15, -0.1) is 0 Å². The Kier molecular flexibility index (Phi) is 6.94. The van der Waals surface area contributed by atoms with Gasteiger partial charge in [0.25, 0.3) is 16.0 Å². The number of nitrogens with two attached hydrogens (primary N) is 1. The number of hydrogen-bond acceptors (Lipinski definition) is 4. The second-order valence-corrected chi connectivity index (χ2v) is 7.39. The summed E-state index contributed by atoms with van der Waals surface area (Å²) in [6.45, 7) is 2.00. The summed E-state index contributed by atoms with van der Waals surface area (Å²) in [5.74, 6) is -0.521. The normalized spacial score (nSPS) is 16.7. The molecule has 1 aliphatic carbocycles. The molecule has 7 nitrogen and oxygen atoms in total. The zero-order valence-electron chi connectivity index (χ0n) is 13.3. The van der Waals surface area contributed by atoms with Gasteiger partial charge in [0.15, 0.2) is 5.96 Å². The Balaban J connectivity index is 0.000000505. The van der Waals surface area contributed by atoms with Crippen molar-refractivity contribution in [3.05, 3.63) is 39.9 Å². The van der Waals surface area contributed by atoms with Gasteiger partial charge in [0.05, 0.1) is 6.26 Å². The van der Waals surface area contributed by atoms with Gasteiger partial charge in [-0.2, -0.15) is 8.42 Å². The molecule has 1 amide bonds. The lowest BCUT2D eigenvalue weighted by Crippen LogP contribution is -2.37. The lowest BCUT2D eigenvalue weighted by Gasteiger charge is -2.12. The summed E-state index contributed by atoms with van der Waals surface area (Å²) in [6.07, 6.45) is 4.32. The molecule has 132 valence electrons. The van der Waals surface area contributed by atoms with Gasteiger partial charge in [0, 0.05) is 10.6 Å². The highest BCUT2D eigenvalue weighted by molar-refractivity contribution is 7.85. The molecule has 1 aromatic carbocycles. The quantitative estimate of drug-likeness (QED) is 0.338. The maximum Gasteiger partial charge on any atom is 0.261 e. The van der Waals surface area contributed by atoms with Crippen LogP contribution in [-0.2, 0) is 21.3 Å². The van der Waals surface area contributed by atoms with Crippen LogP contribution in [0.25, 0.3) is 6.08 Å². The van der Waals surface area contributed by atoms with E-state index in [0.717, 1.165) is 24.0 Å². The summed E-state index contributed by atoms with van der Waals surface area (Å²) >= 11 is 5.99. The third-order valence-electron chi connectivity index (χ3n) is 3.30. The molecule has 0 bridgehead atoms. The Morgan fingerprint density at radius 1 is 1.46 bits per heavy atom. The third kappa shape index (κ3) is 7.12. The van der Waals surface area contributed by atoms with E-state index in [4.69, 9.17) is 27.3 Å². The molecule has 0 saturated heterocycles. The van der Waals surface area contributed by atoms with Crippen molar-refractivity contribution in [1.82, 2.24) is 5.32 Å². The average Bonchev–Trinajstić information content (AvgIpc) is 2.56. The Morgan fingerprint density at radius 2 is 2.04 bits per heavy atom. The second-order valence-electron chi connectivity index (χ2n) is 5.48. The van der Waals surface area contributed by atoms with Crippen molar-refractivity contribution < 1.29 is 17.8 Å². The van der Waals surface area contributed by atoms with Gasteiger partial charge < -0.3 is 5.73 Å². The molecule has 5 N–H and O–H groups in total. The number of fused-ring (bicyclic) bond motifs is 1. The minimum absolute atomic E-state index is 0.116. The van der Waals surface area contributed by atoms with Crippen LogP contribution in [0.2, 0.25) is 5.02 Å². The number of amides is 1. The molecule has 0 fully saturated rings. The van der Waals surface area contributed by atoms with E-state index < -0.39 is 10.1 Å². The lowest BCUT2D eigenvalue weighted by atomic mass is 9.96. The Hall–Kier alpha value is -1.90. The van der Waals surface area contributed by atoms with Gasteiger partial charge in [0.1, 0.15) is 0 Å². The molecule has 1 unspecified atom stereocenters. The van der Waals surface area contributed by atoms with Gasteiger partial charge in [-0.25, -0.2) is 0 Å². The summed E-state index contributed by atoms with van der Waals surface area (Å²) in [6, 6.07) is 5.66. The summed E-state index contributed by atoms with van der Waals surface area (Å²) in [7, 11) is -3.67. The molecule has 0 aromatic heterocycles. The zero-order chi connectivity index (χ0) is 18.5. The van der Waals surface area contributed by atoms with Crippen molar-refractivity contribution >= 4 is 39.7 Å². The average molecular weight is 374 g/mol. The van der Waals surface area contributed by atoms with E-state index in [1.807, 2.05) is 31.2 Å². The first-order valence-electron chi connectivity index (χ1n) is 7.05. The van der Waals surface area contributed by atoms with E-state index in [1.165, 1.54) is 0 Å². The minimum Gasteiger partial charge on any atom is -0.370 e. The Morgan fingerprint density at radius 3 is 2.58 bits per heavy atom. The number of nitrogens with one attached hydrogen (secondary N) is 2. The van der Waals surface area contributed by atoms with Crippen LogP contribution in [-0.4, -0.2) is 31.1 Å². The first-order valence-corrected chi connectivity index (χ1v) is 9.28. The fraction of sp³-hybridized carbons (Fsp3) is 0.333. The predicted octanol–water partition coefficient (Wildman–Crippen LogP) is 1.82. The monoisotopic (exact) mass is 373 g/mol. The van der Waals surface area contributed by atoms with Crippen molar-refractivity contribution in [1.29, 1.82) is 5.41 Å². The highest BCUT2D eigenvalue weighted by atomic mass is 35.5. The molecule has 24 heavy (non-hydrogen) atoms. The number of carbonyl (C=O) groups excluding carboxylic acids is 1. The Labute approximate surface area is 146 Å². The minimum atomic E-state index is -3.67. The van der Waals surface area contributed by atoms with Crippen molar-refractivity contribution in [2.45, 2.75) is 19.8 Å². The molecule has 2 rings (SSSR count). The Bertz CT molecular complexity index is 767. The highest BCUT2D eigenvalue weighted by Crippen LogP contribution is 2.29. The van der Waals surface area contributed by atoms with Crippen molar-refractivity contribution in [3.63, 3.8) is 0 Å². The zero-order valence-corrected chi connectivity index (χ0v) is 14.9. The first-order chi connectivity index (χ1) is 11.0. The van der Waals surface area contributed by atoms with Crippen LogP contribution in [0, 0.1) is 11.3 Å². The topological polar surface area (TPSA) is 133 Å². The molecular formula is C15H20ClN3O4S. The van der Waals surface area contributed by atoms with E-state index in [-0.39, 0.29) is 17.8 Å². The van der Waals surface area contributed by atoms with Gasteiger partial charge in [-0.05, 0) is 48.1 Å². The van der Waals surface area contributed by atoms with E-state index in [2.05, 4.69) is 5.32 Å². The standard InChI is InChI=1S/C14H16ClN3O.CH4O3S/c1-8-2-3-9-6-11(15)5-4-10(9)7-12(8)13(19)18-14(16)17;1-5(2,3)4/h4-8H,2-3H2,1H3,(H4,16,17,18,19);1H3,(H,2,3,4). The molecule has 9 heteroatoms. The van der Waals surface area contributed by atoms with Gasteiger partial charge in [-0.3, -0.25) is 20.1 Å². The van der Waals surface area contributed by atoms with Crippen LogP contribution in [0.4, 0.5) is 0 Å². The van der Waals surface area contributed by atoms with E-state index >= 15 is 0 Å². The van der Waals surface area contributed by atoms with Crippen LogP contribution in [0.1, 0.15) is 24.5 Å². The maximum absolute atomic E-state index is 12.0. The fourth-order valence-electron chi connectivity index (χ4n) is 2.25. The molecule has 0 spiro atoms. The smallest absolute Gasteiger partial charge is 0.261 e. The SMILES string of the molecule is CC1CCc2cc(Cl)ccc2C=C1C(=O)NC(=N)N.CS(=O)(=O)O. The highest BCUT2D eigenvalue weighted by Gasteiger charge is 2.21. The molecule has 0 heterocycles. The predicted molar refractivity (Wildman–Crippen MR) is 94.4 cm³/mol. The lowest BCUT2D eigenvalue weighted by molar-refractivity contribution is -0.116. The first kappa shape index (κ1) is 20.1. The van der Waals surface area contributed by atoms with Gasteiger partial charge in [-0.1, -0.05) is 24.6 Å². The fourth-order valence-corrected chi connectivity index (χ4v) is 2.45. The summed E-state index contributed by atoms with van der Waals surface area (Å²) in [5, 5.41) is 10.2. The second kappa shape index (κ2) is 8.27. The molecular weight excluding hydrogens is 354 g/mol. The number of aryl methyl sites for hydroxylation is 1. The number of benzene rings is 1. The van der Waals surface area contributed by atoms with Gasteiger partial charge in [0.2, 0.25) is 0 Å². The van der Waals surface area contributed by atoms with Crippen molar-refractivity contribution in [3.8, 4) is 0 Å². The van der Waals surface area contributed by atoms with Gasteiger partial charge >= 0.3 is 0 Å². The van der Waals surface area contributed by atoms with Crippen LogP contribution < -0.4 is 11.1 Å².